The molecule has 0 spiro atoms. The van der Waals surface area contributed by atoms with Crippen molar-refractivity contribution in [1.82, 2.24) is 0 Å². The normalized spacial score (nSPS) is 12.1. The first-order valence-corrected chi connectivity index (χ1v) is 12.9. The van der Waals surface area contributed by atoms with Crippen LogP contribution in [0.15, 0.2) is 78.9 Å². The van der Waals surface area contributed by atoms with Gasteiger partial charge in [-0.1, -0.05) is 23.3 Å². The van der Waals surface area contributed by atoms with E-state index in [-0.39, 0.29) is 50.4 Å². The van der Waals surface area contributed by atoms with Crippen LogP contribution in [-0.4, -0.2) is 45.8 Å². The second-order valence-electron chi connectivity index (χ2n) is 9.87. The van der Waals surface area contributed by atoms with Gasteiger partial charge in [-0.25, -0.2) is 14.5 Å². The van der Waals surface area contributed by atoms with E-state index in [1.54, 1.807) is 26.0 Å². The second kappa shape index (κ2) is 11.1. The summed E-state index contributed by atoms with van der Waals surface area (Å²) in [6.07, 6.45) is 0. The number of aryl methyl sites for hydroxylation is 2. The second-order valence-corrected chi connectivity index (χ2v) is 9.87. The smallest absolute Gasteiger partial charge is 0.337 e. The van der Waals surface area contributed by atoms with E-state index in [0.717, 1.165) is 4.90 Å². The Bertz CT molecular complexity index is 1880. The number of hydrogen-bond acceptors (Lipinski definition) is 6. The maximum Gasteiger partial charge on any atom is 0.337 e. The van der Waals surface area contributed by atoms with E-state index in [2.05, 4.69) is 10.6 Å². The summed E-state index contributed by atoms with van der Waals surface area (Å²) in [6.45, 7) is 3.45. The van der Waals surface area contributed by atoms with Gasteiger partial charge < -0.3 is 20.8 Å². The number of amides is 4. The molecule has 11 nitrogen and oxygen atoms in total. The number of carboxylic acid groups (broad SMARTS) is 2. The zero-order valence-corrected chi connectivity index (χ0v) is 22.8. The third kappa shape index (κ3) is 5.46. The van der Waals surface area contributed by atoms with Crippen molar-refractivity contribution in [1.29, 1.82) is 0 Å². The summed E-state index contributed by atoms with van der Waals surface area (Å²) in [7, 11) is 0. The Morgan fingerprint density at radius 1 is 0.581 bits per heavy atom. The predicted molar refractivity (Wildman–Crippen MR) is 156 cm³/mol. The first-order chi connectivity index (χ1) is 20.4. The molecule has 11 heteroatoms. The summed E-state index contributed by atoms with van der Waals surface area (Å²) in [4.78, 5) is 76.2. The molecule has 0 saturated heterocycles. The summed E-state index contributed by atoms with van der Waals surface area (Å²) in [6, 6.07) is 18.7. The van der Waals surface area contributed by atoms with Crippen LogP contribution in [0.5, 0.6) is 0 Å². The first-order valence-electron chi connectivity index (χ1n) is 12.9. The van der Waals surface area contributed by atoms with Gasteiger partial charge in [-0.05, 0) is 80.6 Å². The molecule has 4 aromatic carbocycles. The number of fused-ring (bicyclic) bond motifs is 1. The Kier molecular flexibility index (Phi) is 7.31. The van der Waals surface area contributed by atoms with Gasteiger partial charge in [-0.15, -0.1) is 0 Å². The Morgan fingerprint density at radius 2 is 1.05 bits per heavy atom. The molecule has 1 aliphatic heterocycles. The molecule has 4 aromatic rings. The molecule has 4 N–H and O–H groups in total. The van der Waals surface area contributed by atoms with Crippen LogP contribution in [0.3, 0.4) is 0 Å². The van der Waals surface area contributed by atoms with Crippen LogP contribution in [0.2, 0.25) is 0 Å². The number of imide groups is 1. The van der Waals surface area contributed by atoms with Gasteiger partial charge in [-0.3, -0.25) is 19.2 Å². The lowest BCUT2D eigenvalue weighted by Crippen LogP contribution is -2.29. The predicted octanol–water partition coefficient (Wildman–Crippen LogP) is 5.01. The number of benzene rings is 4. The van der Waals surface area contributed by atoms with Crippen molar-refractivity contribution in [2.45, 2.75) is 13.8 Å². The van der Waals surface area contributed by atoms with E-state index >= 15 is 0 Å². The van der Waals surface area contributed by atoms with Crippen LogP contribution in [0.25, 0.3) is 0 Å². The van der Waals surface area contributed by atoms with Gasteiger partial charge >= 0.3 is 11.9 Å². The average molecular weight is 578 g/mol. The molecule has 0 fully saturated rings. The molecule has 0 aliphatic carbocycles. The van der Waals surface area contributed by atoms with Crippen LogP contribution >= 0.6 is 0 Å². The molecule has 214 valence electrons. The fraction of sp³-hybridized carbons (Fsp3) is 0.0625. The van der Waals surface area contributed by atoms with Crippen molar-refractivity contribution in [2.24, 2.45) is 0 Å². The van der Waals surface area contributed by atoms with Crippen LogP contribution in [0.1, 0.15) is 73.3 Å². The van der Waals surface area contributed by atoms with Crippen molar-refractivity contribution in [3.05, 3.63) is 123 Å². The van der Waals surface area contributed by atoms with Gasteiger partial charge in [0.15, 0.2) is 0 Å². The monoisotopic (exact) mass is 577 g/mol. The summed E-state index contributed by atoms with van der Waals surface area (Å²) < 4.78 is 0. The van der Waals surface area contributed by atoms with E-state index < -0.39 is 35.6 Å². The molecule has 0 radical (unpaired) electrons. The van der Waals surface area contributed by atoms with Crippen LogP contribution in [-0.2, 0) is 0 Å². The molecule has 5 rings (SSSR count). The van der Waals surface area contributed by atoms with Gasteiger partial charge in [0.1, 0.15) is 0 Å². The molecule has 1 aliphatic rings. The molecule has 43 heavy (non-hydrogen) atoms. The number of carboxylic acids is 2. The molecule has 0 unspecified atom stereocenters. The van der Waals surface area contributed by atoms with E-state index in [1.807, 2.05) is 0 Å². The Morgan fingerprint density at radius 3 is 1.56 bits per heavy atom. The third-order valence-electron chi connectivity index (χ3n) is 6.84. The molecule has 0 atom stereocenters. The number of nitrogens with one attached hydrogen (secondary N) is 2. The van der Waals surface area contributed by atoms with Crippen molar-refractivity contribution in [2.75, 3.05) is 15.5 Å². The van der Waals surface area contributed by atoms with Crippen molar-refractivity contribution in [3.8, 4) is 0 Å². The highest BCUT2D eigenvalue weighted by Crippen LogP contribution is 2.30. The minimum atomic E-state index is -1.21. The Balaban J connectivity index is 1.34. The van der Waals surface area contributed by atoms with E-state index in [9.17, 15) is 39.0 Å². The van der Waals surface area contributed by atoms with Gasteiger partial charge in [0.2, 0.25) is 0 Å². The van der Waals surface area contributed by atoms with Crippen LogP contribution in [0, 0.1) is 13.8 Å². The largest absolute Gasteiger partial charge is 0.478 e. The Hall–Kier alpha value is -6.10. The quantitative estimate of drug-likeness (QED) is 0.222. The Labute approximate surface area is 244 Å². The standard InChI is InChI=1S/C32H23N3O8/c1-16-3-11-25(23(13-16)31(40)41)33-27(36)18-5-8-20(9-6-18)35-29(38)21-10-7-19(15-22(21)30(35)39)28(37)34-26-12-4-17(2)14-24(26)32(42)43/h3-15H,1-2H3,(H,33,36)(H,34,37)(H,40,41)(H,42,43). The molecule has 4 amide bonds. The summed E-state index contributed by atoms with van der Waals surface area (Å²) in [5, 5.41) is 24.0. The van der Waals surface area contributed by atoms with Gasteiger partial charge in [0.05, 0.1) is 39.3 Å². The fourth-order valence-corrected chi connectivity index (χ4v) is 4.66. The van der Waals surface area contributed by atoms with E-state index in [4.69, 9.17) is 0 Å². The molecule has 1 heterocycles. The maximum atomic E-state index is 13.3. The highest BCUT2D eigenvalue weighted by atomic mass is 16.4. The average Bonchev–Trinajstić information content (AvgIpc) is 3.23. The summed E-state index contributed by atoms with van der Waals surface area (Å²) in [5.74, 6) is -4.96. The van der Waals surface area contributed by atoms with Crippen molar-refractivity contribution < 1.29 is 39.0 Å². The number of carbonyl (C=O) groups excluding carboxylic acids is 4. The lowest BCUT2D eigenvalue weighted by atomic mass is 10.0. The first kappa shape index (κ1) is 28.4. The fourth-order valence-electron chi connectivity index (χ4n) is 4.66. The van der Waals surface area contributed by atoms with Crippen LogP contribution < -0.4 is 15.5 Å². The molecule has 0 saturated carbocycles. The number of nitrogens with zero attached hydrogens (tertiary/aromatic N) is 1. The number of rotatable bonds is 7. The van der Waals surface area contributed by atoms with Crippen LogP contribution in [0.4, 0.5) is 17.1 Å². The third-order valence-corrected chi connectivity index (χ3v) is 6.84. The minimum absolute atomic E-state index is 0.0117. The highest BCUT2D eigenvalue weighted by Gasteiger charge is 2.37. The molecular weight excluding hydrogens is 554 g/mol. The van der Waals surface area contributed by atoms with Crippen molar-refractivity contribution >= 4 is 52.6 Å². The number of carbonyl (C=O) groups is 6. The topological polar surface area (TPSA) is 170 Å². The highest BCUT2D eigenvalue weighted by molar-refractivity contribution is 6.35. The molecule has 0 aromatic heterocycles. The van der Waals surface area contributed by atoms with Gasteiger partial charge in [0, 0.05) is 11.1 Å². The lowest BCUT2D eigenvalue weighted by Gasteiger charge is -2.14. The number of aromatic carboxylic acids is 2. The van der Waals surface area contributed by atoms with Crippen molar-refractivity contribution in [3.63, 3.8) is 0 Å². The van der Waals surface area contributed by atoms with Gasteiger partial charge in [-0.2, -0.15) is 0 Å². The minimum Gasteiger partial charge on any atom is -0.478 e. The summed E-state index contributed by atoms with van der Waals surface area (Å²) in [5.41, 5.74) is 1.91. The number of hydrogen-bond donors (Lipinski definition) is 4. The molecule has 0 bridgehead atoms. The lowest BCUT2D eigenvalue weighted by molar-refractivity contribution is 0.0686. The zero-order valence-electron chi connectivity index (χ0n) is 22.8. The zero-order chi connectivity index (χ0) is 31.0. The molecular formula is C32H23N3O8. The van der Waals surface area contributed by atoms with E-state index in [1.165, 1.54) is 66.7 Å². The SMILES string of the molecule is Cc1ccc(NC(=O)c2ccc(N3C(=O)c4ccc(C(=O)Nc5ccc(C)cc5C(=O)O)cc4C3=O)cc2)c(C(=O)O)c1. The van der Waals surface area contributed by atoms with E-state index in [0.29, 0.717) is 11.1 Å². The summed E-state index contributed by atoms with van der Waals surface area (Å²) >= 11 is 0. The number of anilines is 3. The van der Waals surface area contributed by atoms with Gasteiger partial charge in [0.25, 0.3) is 23.6 Å². The maximum absolute atomic E-state index is 13.3.